The number of ether oxygens (including phenoxy) is 4. The monoisotopic (exact) mass is 702 g/mol. The highest BCUT2D eigenvalue weighted by atomic mass is 16.7. The summed E-state index contributed by atoms with van der Waals surface area (Å²) in [6.07, 6.45) is 5.94. The molecule has 1 amide bonds. The molecule has 10 nitrogen and oxygen atoms in total. The lowest BCUT2D eigenvalue weighted by molar-refractivity contribution is -0.248. The van der Waals surface area contributed by atoms with Gasteiger partial charge in [0, 0.05) is 25.0 Å². The van der Waals surface area contributed by atoms with E-state index in [0.29, 0.717) is 57.7 Å². The molecule has 0 bridgehead atoms. The number of aliphatic hydroxyl groups is 3. The highest BCUT2D eigenvalue weighted by molar-refractivity contribution is 5.78. The molecule has 3 aliphatic heterocycles. The summed E-state index contributed by atoms with van der Waals surface area (Å²) in [5.74, 6) is 1.64. The summed E-state index contributed by atoms with van der Waals surface area (Å²) in [4.78, 5) is 17.3. The molecule has 0 radical (unpaired) electrons. The largest absolute Gasteiger partial charge is 0.390 e. The first kappa shape index (κ1) is 36.1. The van der Waals surface area contributed by atoms with E-state index in [4.69, 9.17) is 18.9 Å². The summed E-state index contributed by atoms with van der Waals surface area (Å²) < 4.78 is 25.2. The molecular weight excluding hydrogens is 636 g/mol. The number of nitrogens with zero attached hydrogens (tertiary/aromatic N) is 2. The van der Waals surface area contributed by atoms with Gasteiger partial charge in [-0.25, -0.2) is 0 Å². The first-order chi connectivity index (χ1) is 23.5. The van der Waals surface area contributed by atoms with Gasteiger partial charge in [0.1, 0.15) is 6.10 Å². The van der Waals surface area contributed by atoms with Crippen LogP contribution in [0.1, 0.15) is 99.8 Å². The van der Waals surface area contributed by atoms with Gasteiger partial charge < -0.3 is 39.2 Å². The maximum atomic E-state index is 13.2. The van der Waals surface area contributed by atoms with Crippen LogP contribution in [0, 0.1) is 50.7 Å². The van der Waals surface area contributed by atoms with Crippen LogP contribution in [0.25, 0.3) is 0 Å². The van der Waals surface area contributed by atoms with Crippen LogP contribution in [0.2, 0.25) is 0 Å². The van der Waals surface area contributed by atoms with Gasteiger partial charge in [-0.3, -0.25) is 9.69 Å². The Bertz CT molecular complexity index is 1320. The van der Waals surface area contributed by atoms with Gasteiger partial charge in [0.05, 0.1) is 62.9 Å². The van der Waals surface area contributed by atoms with Gasteiger partial charge in [-0.15, -0.1) is 0 Å². The first-order valence-electron chi connectivity index (χ1n) is 20.1. The minimum atomic E-state index is -1.26. The lowest BCUT2D eigenvalue weighted by atomic mass is 9.41. The molecule has 50 heavy (non-hydrogen) atoms. The van der Waals surface area contributed by atoms with Gasteiger partial charge >= 0.3 is 0 Å². The Labute approximate surface area is 299 Å². The molecule has 3 N–H and O–H groups in total. The van der Waals surface area contributed by atoms with Crippen molar-refractivity contribution in [1.82, 2.24) is 9.80 Å². The minimum absolute atomic E-state index is 0.0296. The predicted molar refractivity (Wildman–Crippen MR) is 187 cm³/mol. The van der Waals surface area contributed by atoms with Gasteiger partial charge in [0.15, 0.2) is 6.29 Å². The SMILES string of the molecule is C[C@@H]1C[C@H]([C@H](O)C(C)(C)O)O[C@H]2C1[C@@]1(C)CC[C@@]34CC35CCC(OC3CN(C(=O)CN6CCOCC6)CCO3)C(C)(C)[C@@H]5CC[C@H]4[C@]1(C)[C@H]2O. The fraction of sp³-hybridized carbons (Fsp3) is 0.975. The van der Waals surface area contributed by atoms with Crippen molar-refractivity contribution in [2.45, 2.75) is 142 Å². The van der Waals surface area contributed by atoms with Crippen LogP contribution in [0.5, 0.6) is 0 Å². The van der Waals surface area contributed by atoms with Crippen LogP contribution in [0.4, 0.5) is 0 Å². The summed E-state index contributed by atoms with van der Waals surface area (Å²) in [6, 6.07) is 0. The summed E-state index contributed by atoms with van der Waals surface area (Å²) in [5, 5.41) is 34.2. The number of amides is 1. The number of carbonyl (C=O) groups excluding carboxylic acids is 1. The van der Waals surface area contributed by atoms with Crippen molar-refractivity contribution in [1.29, 1.82) is 0 Å². The smallest absolute Gasteiger partial charge is 0.237 e. The highest BCUT2D eigenvalue weighted by Gasteiger charge is 2.84. The number of fused-ring (bicyclic) bond motifs is 4. The van der Waals surface area contributed by atoms with Gasteiger partial charge in [-0.1, -0.05) is 34.6 Å². The summed E-state index contributed by atoms with van der Waals surface area (Å²) in [6.45, 7) is 20.3. The lowest BCUT2D eigenvalue weighted by Crippen LogP contribution is -2.60. The van der Waals surface area contributed by atoms with Gasteiger partial charge in [0.2, 0.25) is 5.91 Å². The van der Waals surface area contributed by atoms with E-state index in [2.05, 4.69) is 39.5 Å². The van der Waals surface area contributed by atoms with Gasteiger partial charge in [-0.05, 0) is 111 Å². The minimum Gasteiger partial charge on any atom is -0.390 e. The van der Waals surface area contributed by atoms with E-state index >= 15 is 0 Å². The number of aliphatic hydroxyl groups excluding tert-OH is 2. The molecule has 284 valence electrons. The van der Waals surface area contributed by atoms with E-state index < -0.39 is 30.2 Å². The molecule has 3 saturated heterocycles. The Morgan fingerprint density at radius 3 is 2.40 bits per heavy atom. The number of hydrogen-bond donors (Lipinski definition) is 3. The Morgan fingerprint density at radius 1 is 0.980 bits per heavy atom. The van der Waals surface area contributed by atoms with E-state index in [1.165, 1.54) is 12.8 Å². The summed E-state index contributed by atoms with van der Waals surface area (Å²) in [7, 11) is 0. The Morgan fingerprint density at radius 2 is 1.68 bits per heavy atom. The Kier molecular flexibility index (Phi) is 8.73. The molecule has 10 heteroatoms. The van der Waals surface area contributed by atoms with Gasteiger partial charge in [0.25, 0.3) is 0 Å². The third kappa shape index (κ3) is 5.04. The maximum Gasteiger partial charge on any atom is 0.237 e. The van der Waals surface area contributed by atoms with Crippen LogP contribution < -0.4 is 0 Å². The Balaban J connectivity index is 0.974. The van der Waals surface area contributed by atoms with Crippen molar-refractivity contribution in [2.75, 3.05) is 52.5 Å². The van der Waals surface area contributed by atoms with E-state index in [9.17, 15) is 20.1 Å². The molecule has 0 aromatic carbocycles. The van der Waals surface area contributed by atoms with Crippen molar-refractivity contribution in [3.8, 4) is 0 Å². The maximum absolute atomic E-state index is 13.2. The third-order valence-electron chi connectivity index (χ3n) is 17.0. The molecular formula is C40H66N2O8. The van der Waals surface area contributed by atoms with Crippen molar-refractivity contribution in [2.24, 2.45) is 50.7 Å². The zero-order valence-electron chi connectivity index (χ0n) is 31.9. The average Bonchev–Trinajstić information content (AvgIpc) is 3.70. The molecule has 14 atom stereocenters. The molecule has 8 aliphatic rings. The Hall–Kier alpha value is -0.850. The fourth-order valence-electron chi connectivity index (χ4n) is 14.4. The molecule has 3 heterocycles. The lowest BCUT2D eigenvalue weighted by Gasteiger charge is -2.64. The van der Waals surface area contributed by atoms with E-state index in [1.807, 2.05) is 4.90 Å². The first-order valence-corrected chi connectivity index (χ1v) is 20.1. The molecule has 8 rings (SSSR count). The van der Waals surface area contributed by atoms with E-state index in [1.54, 1.807) is 13.8 Å². The van der Waals surface area contributed by atoms with Crippen LogP contribution in [-0.4, -0.2) is 126 Å². The van der Waals surface area contributed by atoms with Crippen molar-refractivity contribution in [3.05, 3.63) is 0 Å². The third-order valence-corrected chi connectivity index (χ3v) is 17.0. The molecule has 4 unspecified atom stereocenters. The average molecular weight is 703 g/mol. The van der Waals surface area contributed by atoms with Crippen LogP contribution in [0.3, 0.4) is 0 Å². The summed E-state index contributed by atoms with van der Waals surface area (Å²) in [5.41, 5.74) is -1.10. The van der Waals surface area contributed by atoms with Gasteiger partial charge in [-0.2, -0.15) is 0 Å². The molecule has 8 fully saturated rings. The highest BCUT2D eigenvalue weighted by Crippen LogP contribution is 2.89. The van der Waals surface area contributed by atoms with Crippen LogP contribution in [0.15, 0.2) is 0 Å². The number of morpholine rings is 2. The zero-order chi connectivity index (χ0) is 35.6. The molecule has 5 saturated carbocycles. The second-order valence-corrected chi connectivity index (χ2v) is 19.8. The normalized spacial score (nSPS) is 50.7. The van der Waals surface area contributed by atoms with Crippen LogP contribution >= 0.6 is 0 Å². The second kappa shape index (κ2) is 12.1. The molecule has 0 aromatic heterocycles. The number of hydrogen-bond acceptors (Lipinski definition) is 9. The van der Waals surface area contributed by atoms with Crippen molar-refractivity contribution < 1.29 is 39.1 Å². The number of rotatable bonds is 6. The zero-order valence-corrected chi connectivity index (χ0v) is 31.9. The molecule has 2 spiro atoms. The quantitative estimate of drug-likeness (QED) is 0.380. The van der Waals surface area contributed by atoms with E-state index in [0.717, 1.165) is 45.2 Å². The summed E-state index contributed by atoms with van der Waals surface area (Å²) >= 11 is 0. The van der Waals surface area contributed by atoms with Crippen molar-refractivity contribution in [3.63, 3.8) is 0 Å². The number of carbonyl (C=O) groups is 1. The second-order valence-electron chi connectivity index (χ2n) is 19.8. The molecule has 5 aliphatic carbocycles. The topological polar surface area (TPSA) is 121 Å². The van der Waals surface area contributed by atoms with Crippen LogP contribution in [-0.2, 0) is 23.7 Å². The standard InChI is InChI=1S/C40H66N2O8/c1-24-20-25(33(44)36(4,5)46)49-32-31(24)37(6)12-13-40-23-39(40)11-10-28(35(2,3)26(39)8-9-27(40)38(37,7)34(32)45)50-30-22-42(16-19-48-30)29(43)21-41-14-17-47-18-15-41/h24-28,30-34,44-46H,8-23H2,1-7H3/t24-,25-,26+,27+,28?,30?,31?,32+,33+,34+,37-,38-,39?,40+/m1/s1. The van der Waals surface area contributed by atoms with Crippen molar-refractivity contribution >= 4 is 5.91 Å². The fourth-order valence-corrected chi connectivity index (χ4v) is 14.4. The predicted octanol–water partition coefficient (Wildman–Crippen LogP) is 3.83. The molecule has 0 aromatic rings. The van der Waals surface area contributed by atoms with E-state index in [-0.39, 0.29) is 57.0 Å².